The Labute approximate surface area is 176 Å². The van der Waals surface area contributed by atoms with E-state index in [9.17, 15) is 9.18 Å². The summed E-state index contributed by atoms with van der Waals surface area (Å²) in [6.07, 6.45) is 0.827. The number of methoxy groups -OCH3 is 1. The molecule has 1 atom stereocenters. The molecule has 1 unspecified atom stereocenters. The van der Waals surface area contributed by atoms with Gasteiger partial charge in [0.2, 0.25) is 0 Å². The standard InChI is InChI=1S/C23H29FN2O4/c1-3-29-23(27)22(28-2)15-17-5-8-19(9-6-17)25-11-4-12-26-13-14-30-21-16-18(24)7-10-20(21)26/h5-10,16,22,25H,3-4,11-15H2,1-2H3. The summed E-state index contributed by atoms with van der Waals surface area (Å²) in [5.41, 5.74) is 2.98. The minimum atomic E-state index is -0.589. The summed E-state index contributed by atoms with van der Waals surface area (Å²) in [5, 5.41) is 3.41. The number of anilines is 2. The summed E-state index contributed by atoms with van der Waals surface area (Å²) in [6.45, 7) is 5.17. The first kappa shape index (κ1) is 21.9. The molecule has 0 amide bonds. The number of nitrogens with zero attached hydrogens (tertiary/aromatic N) is 1. The van der Waals surface area contributed by atoms with Crippen LogP contribution in [0.4, 0.5) is 15.8 Å². The number of halogens is 1. The molecule has 3 rings (SSSR count). The zero-order valence-electron chi connectivity index (χ0n) is 17.5. The molecule has 1 aliphatic rings. The van der Waals surface area contributed by atoms with Crippen molar-refractivity contribution in [1.29, 1.82) is 0 Å². The number of carbonyl (C=O) groups is 1. The first-order chi connectivity index (χ1) is 14.6. The molecule has 1 N–H and O–H groups in total. The van der Waals surface area contributed by atoms with Gasteiger partial charge in [0, 0.05) is 38.4 Å². The van der Waals surface area contributed by atoms with Gasteiger partial charge in [0.1, 0.15) is 18.2 Å². The van der Waals surface area contributed by atoms with Crippen molar-refractivity contribution in [3.63, 3.8) is 0 Å². The molecule has 6 nitrogen and oxygen atoms in total. The van der Waals surface area contributed by atoms with Crippen molar-refractivity contribution in [2.24, 2.45) is 0 Å². The predicted octanol–water partition coefficient (Wildman–Crippen LogP) is 3.65. The second-order valence-corrected chi connectivity index (χ2v) is 7.11. The average Bonchev–Trinajstić information content (AvgIpc) is 2.76. The third-order valence-corrected chi connectivity index (χ3v) is 5.02. The van der Waals surface area contributed by atoms with Gasteiger partial charge in [0.25, 0.3) is 0 Å². The van der Waals surface area contributed by atoms with Crippen LogP contribution in [0.3, 0.4) is 0 Å². The van der Waals surface area contributed by atoms with Crippen LogP contribution in [0, 0.1) is 5.82 Å². The summed E-state index contributed by atoms with van der Waals surface area (Å²) in [6, 6.07) is 12.7. The van der Waals surface area contributed by atoms with E-state index in [-0.39, 0.29) is 11.8 Å². The Bertz CT molecular complexity index is 828. The normalized spacial score (nSPS) is 13.9. The maximum atomic E-state index is 13.4. The van der Waals surface area contributed by atoms with Crippen molar-refractivity contribution >= 4 is 17.3 Å². The SMILES string of the molecule is CCOC(=O)C(Cc1ccc(NCCCN2CCOc3cc(F)ccc32)cc1)OC. The minimum absolute atomic E-state index is 0.278. The van der Waals surface area contributed by atoms with Crippen molar-refractivity contribution < 1.29 is 23.4 Å². The fourth-order valence-corrected chi connectivity index (χ4v) is 3.46. The van der Waals surface area contributed by atoms with Crippen molar-refractivity contribution in [3.05, 3.63) is 53.8 Å². The van der Waals surface area contributed by atoms with Crippen LogP contribution in [-0.2, 0) is 20.7 Å². The molecule has 7 heteroatoms. The average molecular weight is 416 g/mol. The molecular formula is C23H29FN2O4. The van der Waals surface area contributed by atoms with Gasteiger partial charge in [-0.15, -0.1) is 0 Å². The molecule has 0 aromatic heterocycles. The Balaban J connectivity index is 1.44. The van der Waals surface area contributed by atoms with Crippen LogP contribution in [0.1, 0.15) is 18.9 Å². The Morgan fingerprint density at radius 3 is 2.80 bits per heavy atom. The highest BCUT2D eigenvalue weighted by molar-refractivity contribution is 5.75. The Kier molecular flexibility index (Phi) is 7.90. The molecule has 1 heterocycles. The first-order valence-corrected chi connectivity index (χ1v) is 10.3. The van der Waals surface area contributed by atoms with Crippen molar-refractivity contribution in [3.8, 4) is 5.75 Å². The summed E-state index contributed by atoms with van der Waals surface area (Å²) in [5.74, 6) is -0.00334. The van der Waals surface area contributed by atoms with Crippen molar-refractivity contribution in [1.82, 2.24) is 0 Å². The molecule has 162 valence electrons. The highest BCUT2D eigenvalue weighted by Gasteiger charge is 2.20. The van der Waals surface area contributed by atoms with Gasteiger partial charge in [-0.3, -0.25) is 0 Å². The second-order valence-electron chi connectivity index (χ2n) is 7.11. The van der Waals surface area contributed by atoms with E-state index in [1.165, 1.54) is 19.2 Å². The van der Waals surface area contributed by atoms with Crippen LogP contribution in [0.5, 0.6) is 5.75 Å². The number of carbonyl (C=O) groups excluding carboxylic acids is 1. The third kappa shape index (κ3) is 5.86. The number of hydrogen-bond acceptors (Lipinski definition) is 6. The zero-order chi connectivity index (χ0) is 21.3. The van der Waals surface area contributed by atoms with Gasteiger partial charge in [0.15, 0.2) is 6.10 Å². The molecule has 0 radical (unpaired) electrons. The quantitative estimate of drug-likeness (QED) is 0.471. The minimum Gasteiger partial charge on any atom is -0.489 e. The number of benzene rings is 2. The molecule has 30 heavy (non-hydrogen) atoms. The Morgan fingerprint density at radius 2 is 2.07 bits per heavy atom. The number of fused-ring (bicyclic) bond motifs is 1. The summed E-state index contributed by atoms with van der Waals surface area (Å²) in [7, 11) is 1.51. The smallest absolute Gasteiger partial charge is 0.335 e. The topological polar surface area (TPSA) is 60.0 Å². The predicted molar refractivity (Wildman–Crippen MR) is 115 cm³/mol. The maximum Gasteiger partial charge on any atom is 0.335 e. The van der Waals surface area contributed by atoms with Gasteiger partial charge in [-0.05, 0) is 43.2 Å². The molecule has 0 fully saturated rings. The summed E-state index contributed by atoms with van der Waals surface area (Å²) >= 11 is 0. The van der Waals surface area contributed by atoms with E-state index in [2.05, 4.69) is 10.2 Å². The fourth-order valence-electron chi connectivity index (χ4n) is 3.46. The van der Waals surface area contributed by atoms with E-state index in [0.717, 1.165) is 43.0 Å². The van der Waals surface area contributed by atoms with E-state index < -0.39 is 6.10 Å². The van der Waals surface area contributed by atoms with Gasteiger partial charge >= 0.3 is 5.97 Å². The van der Waals surface area contributed by atoms with Crippen LogP contribution in [0.15, 0.2) is 42.5 Å². The van der Waals surface area contributed by atoms with E-state index in [1.54, 1.807) is 13.0 Å². The lowest BCUT2D eigenvalue weighted by Gasteiger charge is -2.31. The van der Waals surface area contributed by atoms with Gasteiger partial charge in [-0.1, -0.05) is 12.1 Å². The number of hydrogen-bond donors (Lipinski definition) is 1. The largest absolute Gasteiger partial charge is 0.489 e. The maximum absolute atomic E-state index is 13.4. The zero-order valence-corrected chi connectivity index (χ0v) is 17.5. The van der Waals surface area contributed by atoms with E-state index >= 15 is 0 Å². The van der Waals surface area contributed by atoms with E-state index in [4.69, 9.17) is 14.2 Å². The van der Waals surface area contributed by atoms with Crippen LogP contribution >= 0.6 is 0 Å². The molecule has 2 aromatic rings. The molecule has 0 saturated carbocycles. The lowest BCUT2D eigenvalue weighted by atomic mass is 10.1. The van der Waals surface area contributed by atoms with Crippen LogP contribution in [0.2, 0.25) is 0 Å². The van der Waals surface area contributed by atoms with Crippen LogP contribution < -0.4 is 15.0 Å². The molecule has 0 spiro atoms. The van der Waals surface area contributed by atoms with Gasteiger partial charge < -0.3 is 24.4 Å². The van der Waals surface area contributed by atoms with Crippen molar-refractivity contribution in [2.75, 3.05) is 50.2 Å². The van der Waals surface area contributed by atoms with Gasteiger partial charge in [-0.25, -0.2) is 9.18 Å². The molecule has 0 bridgehead atoms. The highest BCUT2D eigenvalue weighted by atomic mass is 19.1. The number of esters is 1. The van der Waals surface area contributed by atoms with Gasteiger partial charge in [-0.2, -0.15) is 0 Å². The Hall–Kier alpha value is -2.80. The van der Waals surface area contributed by atoms with E-state index in [1.807, 2.05) is 24.3 Å². The summed E-state index contributed by atoms with van der Waals surface area (Å²) in [4.78, 5) is 14.1. The Morgan fingerprint density at radius 1 is 1.27 bits per heavy atom. The molecule has 0 aliphatic carbocycles. The second kappa shape index (κ2) is 10.8. The first-order valence-electron chi connectivity index (χ1n) is 10.3. The van der Waals surface area contributed by atoms with E-state index in [0.29, 0.717) is 25.4 Å². The number of rotatable bonds is 10. The van der Waals surface area contributed by atoms with Crippen molar-refractivity contribution in [2.45, 2.75) is 25.9 Å². The summed E-state index contributed by atoms with van der Waals surface area (Å²) < 4.78 is 29.2. The highest BCUT2D eigenvalue weighted by Crippen LogP contribution is 2.32. The third-order valence-electron chi connectivity index (χ3n) is 5.02. The lowest BCUT2D eigenvalue weighted by molar-refractivity contribution is -0.154. The molecular weight excluding hydrogens is 387 g/mol. The number of ether oxygens (including phenoxy) is 3. The lowest BCUT2D eigenvalue weighted by Crippen LogP contribution is -2.34. The fraction of sp³-hybridized carbons (Fsp3) is 0.435. The molecule has 1 aliphatic heterocycles. The molecule has 0 saturated heterocycles. The van der Waals surface area contributed by atoms with Crippen LogP contribution in [-0.4, -0.2) is 52.0 Å². The monoisotopic (exact) mass is 416 g/mol. The molecule has 2 aromatic carbocycles. The van der Waals surface area contributed by atoms with Gasteiger partial charge in [0.05, 0.1) is 18.8 Å². The van der Waals surface area contributed by atoms with Crippen LogP contribution in [0.25, 0.3) is 0 Å². The number of nitrogens with one attached hydrogen (secondary N) is 1.